The summed E-state index contributed by atoms with van der Waals surface area (Å²) in [5.74, 6) is 0.561. The van der Waals surface area contributed by atoms with E-state index in [9.17, 15) is 9.59 Å². The number of likely N-dealkylation sites (tertiary alicyclic amines) is 1. The Morgan fingerprint density at radius 1 is 1.31 bits per heavy atom. The van der Waals surface area contributed by atoms with Crippen molar-refractivity contribution in [3.8, 4) is 0 Å². The maximum atomic E-state index is 12.7. The van der Waals surface area contributed by atoms with Crippen molar-refractivity contribution in [3.05, 3.63) is 29.3 Å². The number of nitrogens with two attached hydrogens (primary N) is 1. The molecule has 146 valence electrons. The number of hydrogen-bond donors (Lipinski definition) is 2. The summed E-state index contributed by atoms with van der Waals surface area (Å²) in [5.41, 5.74) is 7.81. The van der Waals surface area contributed by atoms with Crippen molar-refractivity contribution in [1.29, 1.82) is 0 Å². The summed E-state index contributed by atoms with van der Waals surface area (Å²) in [5, 5.41) is 2.91. The molecule has 7 heteroatoms. The van der Waals surface area contributed by atoms with E-state index in [4.69, 9.17) is 5.73 Å². The summed E-state index contributed by atoms with van der Waals surface area (Å²) < 4.78 is 0. The van der Waals surface area contributed by atoms with Gasteiger partial charge in [0.05, 0.1) is 5.75 Å². The number of thioether (sulfide) groups is 1. The van der Waals surface area contributed by atoms with Crippen LogP contribution >= 0.6 is 24.2 Å². The van der Waals surface area contributed by atoms with Crippen LogP contribution in [0.1, 0.15) is 36.8 Å². The summed E-state index contributed by atoms with van der Waals surface area (Å²) in [6.45, 7) is 5.80. The molecule has 1 fully saturated rings. The van der Waals surface area contributed by atoms with Gasteiger partial charge in [0.25, 0.3) is 0 Å². The van der Waals surface area contributed by atoms with E-state index in [2.05, 4.69) is 37.4 Å². The number of carbonyl (C=O) groups is 2. The van der Waals surface area contributed by atoms with Crippen LogP contribution in [0.4, 0.5) is 0 Å². The Balaban J connectivity index is 0.00000338. The van der Waals surface area contributed by atoms with Gasteiger partial charge in [0.1, 0.15) is 0 Å². The van der Waals surface area contributed by atoms with Gasteiger partial charge in [-0.1, -0.05) is 17.7 Å². The van der Waals surface area contributed by atoms with Crippen LogP contribution in [0.5, 0.6) is 0 Å². The van der Waals surface area contributed by atoms with Gasteiger partial charge in [-0.25, -0.2) is 0 Å². The van der Waals surface area contributed by atoms with Crippen LogP contribution in [-0.4, -0.2) is 48.1 Å². The van der Waals surface area contributed by atoms with Crippen molar-refractivity contribution in [2.45, 2.75) is 50.5 Å². The molecule has 2 rings (SSSR count). The Morgan fingerprint density at radius 2 is 2.08 bits per heavy atom. The number of nitrogens with one attached hydrogen (secondary N) is 1. The molecule has 0 aromatic heterocycles. The third-order valence-electron chi connectivity index (χ3n) is 4.55. The molecule has 5 nitrogen and oxygen atoms in total. The molecule has 0 spiro atoms. The first-order chi connectivity index (χ1) is 12.0. The fourth-order valence-electron chi connectivity index (χ4n) is 3.08. The van der Waals surface area contributed by atoms with Crippen molar-refractivity contribution in [2.24, 2.45) is 5.73 Å². The molecule has 0 radical (unpaired) electrons. The molecule has 1 saturated heterocycles. The number of amides is 2. The fourth-order valence-corrected chi connectivity index (χ4v) is 4.09. The Kier molecular flexibility index (Phi) is 10.1. The van der Waals surface area contributed by atoms with E-state index in [1.807, 2.05) is 4.90 Å². The predicted molar refractivity (Wildman–Crippen MR) is 110 cm³/mol. The Morgan fingerprint density at radius 3 is 2.81 bits per heavy atom. The van der Waals surface area contributed by atoms with Crippen LogP contribution in [-0.2, 0) is 9.59 Å². The molecule has 1 unspecified atom stereocenters. The van der Waals surface area contributed by atoms with E-state index in [0.29, 0.717) is 25.3 Å². The van der Waals surface area contributed by atoms with Crippen molar-refractivity contribution >= 4 is 36.0 Å². The second kappa shape index (κ2) is 11.5. The summed E-state index contributed by atoms with van der Waals surface area (Å²) >= 11 is 1.60. The quantitative estimate of drug-likeness (QED) is 0.691. The molecule has 26 heavy (non-hydrogen) atoms. The minimum Gasteiger partial charge on any atom is -0.354 e. The number of piperidine rings is 1. The van der Waals surface area contributed by atoms with Gasteiger partial charge in [-0.2, -0.15) is 0 Å². The summed E-state index contributed by atoms with van der Waals surface area (Å²) in [6.07, 6.45) is 3.42. The fraction of sp³-hybridized carbons (Fsp3) is 0.579. The Labute approximate surface area is 166 Å². The lowest BCUT2D eigenvalue weighted by atomic mass is 10.0. The van der Waals surface area contributed by atoms with Gasteiger partial charge < -0.3 is 16.0 Å². The minimum atomic E-state index is -0.0368. The first kappa shape index (κ1) is 22.8. The van der Waals surface area contributed by atoms with Gasteiger partial charge in [-0.05, 0) is 44.7 Å². The van der Waals surface area contributed by atoms with E-state index in [1.165, 1.54) is 11.1 Å². The number of rotatable bonds is 7. The lowest BCUT2D eigenvalue weighted by molar-refractivity contribution is -0.132. The van der Waals surface area contributed by atoms with Gasteiger partial charge >= 0.3 is 0 Å². The van der Waals surface area contributed by atoms with Crippen LogP contribution in [0.15, 0.2) is 23.1 Å². The van der Waals surface area contributed by atoms with Crippen LogP contribution in [0, 0.1) is 13.8 Å². The number of nitrogens with zero attached hydrogens (tertiary/aromatic N) is 1. The molecule has 2 amide bonds. The second-order valence-electron chi connectivity index (χ2n) is 6.64. The average Bonchev–Trinajstić information content (AvgIpc) is 2.61. The first-order valence-electron chi connectivity index (χ1n) is 8.97. The molecule has 1 aliphatic rings. The van der Waals surface area contributed by atoms with Crippen LogP contribution in [0.3, 0.4) is 0 Å². The average molecular weight is 400 g/mol. The monoisotopic (exact) mass is 399 g/mol. The van der Waals surface area contributed by atoms with Gasteiger partial charge in [0.2, 0.25) is 11.8 Å². The minimum absolute atomic E-state index is 0. The number of halogens is 1. The van der Waals surface area contributed by atoms with Gasteiger partial charge in [0, 0.05) is 37.0 Å². The Bertz CT molecular complexity index is 612. The molecular formula is C19H30ClN3O2S. The van der Waals surface area contributed by atoms with E-state index >= 15 is 0 Å². The number of carbonyl (C=O) groups excluding carboxylic acids is 2. The summed E-state index contributed by atoms with van der Waals surface area (Å²) in [7, 11) is 0. The predicted octanol–water partition coefficient (Wildman–Crippen LogP) is 2.66. The second-order valence-corrected chi connectivity index (χ2v) is 7.65. The van der Waals surface area contributed by atoms with Gasteiger partial charge in [0.15, 0.2) is 0 Å². The molecule has 1 aromatic rings. The zero-order chi connectivity index (χ0) is 18.2. The summed E-state index contributed by atoms with van der Waals surface area (Å²) in [6, 6.07) is 6.42. The van der Waals surface area contributed by atoms with E-state index < -0.39 is 0 Å². The molecular weight excluding hydrogens is 370 g/mol. The largest absolute Gasteiger partial charge is 0.354 e. The molecule has 1 atom stereocenters. The molecule has 0 saturated carbocycles. The van der Waals surface area contributed by atoms with Crippen molar-refractivity contribution in [2.75, 3.05) is 25.4 Å². The third-order valence-corrected chi connectivity index (χ3v) is 5.69. The van der Waals surface area contributed by atoms with Crippen molar-refractivity contribution in [1.82, 2.24) is 10.2 Å². The number of aryl methyl sites for hydroxylation is 2. The highest BCUT2D eigenvalue weighted by molar-refractivity contribution is 8.00. The van der Waals surface area contributed by atoms with Crippen LogP contribution in [0.2, 0.25) is 0 Å². The molecule has 1 aromatic carbocycles. The lowest BCUT2D eigenvalue weighted by Gasteiger charge is -2.36. The van der Waals surface area contributed by atoms with Crippen molar-refractivity contribution in [3.63, 3.8) is 0 Å². The zero-order valence-corrected chi connectivity index (χ0v) is 17.3. The molecule has 1 aliphatic heterocycles. The first-order valence-corrected chi connectivity index (χ1v) is 9.96. The molecule has 0 bridgehead atoms. The smallest absolute Gasteiger partial charge is 0.233 e. The third kappa shape index (κ3) is 6.82. The summed E-state index contributed by atoms with van der Waals surface area (Å²) in [4.78, 5) is 27.5. The number of benzene rings is 1. The molecule has 3 N–H and O–H groups in total. The maximum absolute atomic E-state index is 12.7. The highest BCUT2D eigenvalue weighted by atomic mass is 35.5. The SMILES string of the molecule is Cc1ccc(C)c(SCC(=O)N2CCCCC2CNC(=O)CCN)c1.Cl. The zero-order valence-electron chi connectivity index (χ0n) is 15.6. The standard InChI is InChI=1S/C19H29N3O2S.ClH/c1-14-6-7-15(2)17(11-14)25-13-19(24)22-10-4-3-5-16(22)12-21-18(23)8-9-20;/h6-7,11,16H,3-5,8-10,12-13,20H2,1-2H3,(H,21,23);1H. The van der Waals surface area contributed by atoms with E-state index in [1.54, 1.807) is 11.8 Å². The highest BCUT2D eigenvalue weighted by Crippen LogP contribution is 2.25. The van der Waals surface area contributed by atoms with E-state index in [-0.39, 0.29) is 30.3 Å². The Hall–Kier alpha value is -1.24. The number of hydrogen-bond acceptors (Lipinski definition) is 4. The van der Waals surface area contributed by atoms with Crippen LogP contribution < -0.4 is 11.1 Å². The lowest BCUT2D eigenvalue weighted by Crippen LogP contribution is -2.50. The van der Waals surface area contributed by atoms with Crippen molar-refractivity contribution < 1.29 is 9.59 Å². The topological polar surface area (TPSA) is 75.4 Å². The maximum Gasteiger partial charge on any atom is 0.233 e. The highest BCUT2D eigenvalue weighted by Gasteiger charge is 2.26. The van der Waals surface area contributed by atoms with E-state index in [0.717, 1.165) is 30.7 Å². The van der Waals surface area contributed by atoms with Gasteiger partial charge in [-0.3, -0.25) is 9.59 Å². The van der Waals surface area contributed by atoms with Gasteiger partial charge in [-0.15, -0.1) is 24.2 Å². The molecule has 1 heterocycles. The normalized spacial score (nSPS) is 16.7. The van der Waals surface area contributed by atoms with Crippen LogP contribution in [0.25, 0.3) is 0 Å². The molecule has 0 aliphatic carbocycles.